The number of rotatable bonds is 2. The highest BCUT2D eigenvalue weighted by Crippen LogP contribution is 2.32. The minimum Gasteiger partial charge on any atom is -0.357 e. The van der Waals surface area contributed by atoms with Gasteiger partial charge in [-0.25, -0.2) is 0 Å². The molecule has 3 nitrogen and oxygen atoms in total. The molecule has 3 heterocycles. The van der Waals surface area contributed by atoms with E-state index in [9.17, 15) is 0 Å². The Morgan fingerprint density at radius 2 is 2.47 bits per heavy atom. The van der Waals surface area contributed by atoms with Gasteiger partial charge in [0.15, 0.2) is 5.76 Å². The van der Waals surface area contributed by atoms with Crippen molar-refractivity contribution in [3.63, 3.8) is 0 Å². The normalized spacial score (nSPS) is 35.1. The van der Waals surface area contributed by atoms with Gasteiger partial charge in [0.25, 0.3) is 0 Å². The van der Waals surface area contributed by atoms with E-state index in [4.69, 9.17) is 4.52 Å². The van der Waals surface area contributed by atoms with Crippen LogP contribution in [0, 0.1) is 5.92 Å². The Balaban J connectivity index is 1.68. The van der Waals surface area contributed by atoms with Crippen LogP contribution in [0.15, 0.2) is 22.9 Å². The van der Waals surface area contributed by atoms with Gasteiger partial charge in [-0.15, -0.1) is 0 Å². The first-order valence-electron chi connectivity index (χ1n) is 5.77. The van der Waals surface area contributed by atoms with Gasteiger partial charge in [0, 0.05) is 18.2 Å². The van der Waals surface area contributed by atoms with E-state index < -0.39 is 0 Å². The fourth-order valence-corrected chi connectivity index (χ4v) is 2.81. The van der Waals surface area contributed by atoms with Crippen LogP contribution in [-0.2, 0) is 0 Å². The smallest absolute Gasteiger partial charge is 0.159 e. The first-order chi connectivity index (χ1) is 7.42. The second-order valence-electron chi connectivity index (χ2n) is 4.57. The van der Waals surface area contributed by atoms with Gasteiger partial charge in [-0.05, 0) is 31.3 Å². The van der Waals surface area contributed by atoms with Gasteiger partial charge in [-0.3, -0.25) is 0 Å². The van der Waals surface area contributed by atoms with E-state index in [0.717, 1.165) is 11.8 Å². The van der Waals surface area contributed by atoms with E-state index in [-0.39, 0.29) is 0 Å². The highest BCUT2D eigenvalue weighted by atomic mass is 16.5. The molecule has 0 radical (unpaired) electrons. The summed E-state index contributed by atoms with van der Waals surface area (Å²) < 4.78 is 5.05. The second-order valence-corrected chi connectivity index (χ2v) is 4.57. The van der Waals surface area contributed by atoms with Crippen molar-refractivity contribution in [1.29, 1.82) is 0 Å². The van der Waals surface area contributed by atoms with Gasteiger partial charge in [-0.2, -0.15) is 0 Å². The zero-order valence-corrected chi connectivity index (χ0v) is 8.73. The van der Waals surface area contributed by atoms with E-state index in [1.807, 2.05) is 6.07 Å². The second kappa shape index (κ2) is 3.81. The largest absolute Gasteiger partial charge is 0.357 e. The van der Waals surface area contributed by atoms with E-state index >= 15 is 0 Å². The highest BCUT2D eigenvalue weighted by Gasteiger charge is 2.34. The standard InChI is InChI=1S/C12H16N2O/c1-2-10-8-9(12(3-1)14-10)4-5-11-6-7-13-15-11/h4-7,9-10,12,14H,1-3,8H2/b5-4+. The van der Waals surface area contributed by atoms with Crippen LogP contribution in [0.1, 0.15) is 31.4 Å². The lowest BCUT2D eigenvalue weighted by molar-refractivity contribution is 0.392. The Labute approximate surface area is 89.5 Å². The van der Waals surface area contributed by atoms with Gasteiger partial charge in [0.05, 0.1) is 6.20 Å². The quantitative estimate of drug-likeness (QED) is 0.802. The predicted octanol–water partition coefficient (Wildman–Crippen LogP) is 2.22. The highest BCUT2D eigenvalue weighted by molar-refractivity contribution is 5.42. The molecule has 2 bridgehead atoms. The molecule has 1 N–H and O–H groups in total. The molecule has 3 unspecified atom stereocenters. The van der Waals surface area contributed by atoms with Crippen LogP contribution >= 0.6 is 0 Å². The third-order valence-electron chi connectivity index (χ3n) is 3.56. The van der Waals surface area contributed by atoms with Crippen molar-refractivity contribution in [2.45, 2.75) is 37.8 Å². The summed E-state index contributed by atoms with van der Waals surface area (Å²) >= 11 is 0. The molecule has 80 valence electrons. The zero-order chi connectivity index (χ0) is 10.1. The molecule has 0 aliphatic carbocycles. The number of fused-ring (bicyclic) bond motifs is 2. The molecule has 2 fully saturated rings. The maximum Gasteiger partial charge on any atom is 0.159 e. The van der Waals surface area contributed by atoms with Crippen LogP contribution in [0.4, 0.5) is 0 Å². The van der Waals surface area contributed by atoms with Crippen LogP contribution in [-0.4, -0.2) is 17.2 Å². The van der Waals surface area contributed by atoms with Crippen LogP contribution in [0.25, 0.3) is 6.08 Å². The van der Waals surface area contributed by atoms with Crippen LogP contribution < -0.4 is 5.32 Å². The maximum atomic E-state index is 5.05. The molecule has 2 saturated heterocycles. The summed E-state index contributed by atoms with van der Waals surface area (Å²) in [6.07, 6.45) is 11.4. The van der Waals surface area contributed by atoms with Gasteiger partial charge < -0.3 is 9.84 Å². The first kappa shape index (κ1) is 9.16. The van der Waals surface area contributed by atoms with Crippen LogP contribution in [0.5, 0.6) is 0 Å². The number of nitrogens with zero attached hydrogens (tertiary/aromatic N) is 1. The maximum absolute atomic E-state index is 5.05. The predicted molar refractivity (Wildman–Crippen MR) is 58.2 cm³/mol. The summed E-state index contributed by atoms with van der Waals surface area (Å²) in [6, 6.07) is 3.35. The Hall–Kier alpha value is -1.09. The molecule has 3 heteroatoms. The average molecular weight is 204 g/mol. The minimum absolute atomic E-state index is 0.683. The summed E-state index contributed by atoms with van der Waals surface area (Å²) in [5.41, 5.74) is 0. The molecular weight excluding hydrogens is 188 g/mol. The van der Waals surface area contributed by atoms with Crippen molar-refractivity contribution in [3.05, 3.63) is 24.1 Å². The monoisotopic (exact) mass is 204 g/mol. The number of hydrogen-bond donors (Lipinski definition) is 1. The topological polar surface area (TPSA) is 38.1 Å². The van der Waals surface area contributed by atoms with Crippen LogP contribution in [0.2, 0.25) is 0 Å². The molecule has 0 amide bonds. The molecule has 3 rings (SSSR count). The summed E-state index contributed by atoms with van der Waals surface area (Å²) in [6.45, 7) is 0. The van der Waals surface area contributed by atoms with Crippen molar-refractivity contribution in [1.82, 2.24) is 10.5 Å². The summed E-state index contributed by atoms with van der Waals surface area (Å²) in [7, 11) is 0. The minimum atomic E-state index is 0.683. The molecule has 2 aliphatic rings. The van der Waals surface area contributed by atoms with E-state index in [1.54, 1.807) is 6.20 Å². The number of nitrogens with one attached hydrogen (secondary N) is 1. The number of hydrogen-bond acceptors (Lipinski definition) is 3. The van der Waals surface area contributed by atoms with E-state index in [2.05, 4.69) is 22.6 Å². The summed E-state index contributed by atoms with van der Waals surface area (Å²) in [4.78, 5) is 0. The summed E-state index contributed by atoms with van der Waals surface area (Å²) in [5, 5.41) is 7.37. The molecule has 3 atom stereocenters. The third kappa shape index (κ3) is 1.84. The fourth-order valence-electron chi connectivity index (χ4n) is 2.81. The van der Waals surface area contributed by atoms with Gasteiger partial charge in [0.2, 0.25) is 0 Å². The first-order valence-corrected chi connectivity index (χ1v) is 5.77. The van der Waals surface area contributed by atoms with Crippen molar-refractivity contribution in [2.75, 3.05) is 0 Å². The molecule has 0 saturated carbocycles. The van der Waals surface area contributed by atoms with E-state index in [1.165, 1.54) is 25.7 Å². The number of aromatic nitrogens is 1. The summed E-state index contributed by atoms with van der Waals surface area (Å²) in [5.74, 6) is 1.54. The zero-order valence-electron chi connectivity index (χ0n) is 8.73. The Kier molecular flexibility index (Phi) is 2.33. The number of piperidine rings is 1. The molecule has 0 aromatic carbocycles. The molecule has 2 aliphatic heterocycles. The van der Waals surface area contributed by atoms with Crippen molar-refractivity contribution in [2.24, 2.45) is 5.92 Å². The lowest BCUT2D eigenvalue weighted by Crippen LogP contribution is -2.35. The van der Waals surface area contributed by atoms with Crippen molar-refractivity contribution >= 4 is 6.08 Å². The van der Waals surface area contributed by atoms with Gasteiger partial charge >= 0.3 is 0 Å². The molecule has 0 spiro atoms. The SMILES string of the molecule is C(=C\C1CC2CCCC1N2)/c1ccno1. The fraction of sp³-hybridized carbons (Fsp3) is 0.583. The third-order valence-corrected chi connectivity index (χ3v) is 3.56. The average Bonchev–Trinajstić information content (AvgIpc) is 2.85. The molecular formula is C12H16N2O. The molecule has 1 aromatic rings. The lowest BCUT2D eigenvalue weighted by atomic mass is 9.98. The van der Waals surface area contributed by atoms with Crippen LogP contribution in [0.3, 0.4) is 0 Å². The van der Waals surface area contributed by atoms with Crippen molar-refractivity contribution < 1.29 is 4.52 Å². The Morgan fingerprint density at radius 1 is 1.47 bits per heavy atom. The Bertz CT molecular complexity index is 345. The van der Waals surface area contributed by atoms with Gasteiger partial charge in [0.1, 0.15) is 0 Å². The molecule has 1 aromatic heterocycles. The molecule has 15 heavy (non-hydrogen) atoms. The Morgan fingerprint density at radius 3 is 3.27 bits per heavy atom. The van der Waals surface area contributed by atoms with Gasteiger partial charge in [-0.1, -0.05) is 17.7 Å². The lowest BCUT2D eigenvalue weighted by Gasteiger charge is -2.21. The van der Waals surface area contributed by atoms with E-state index in [0.29, 0.717) is 12.0 Å². The van der Waals surface area contributed by atoms with Crippen molar-refractivity contribution in [3.8, 4) is 0 Å².